The third-order valence-corrected chi connectivity index (χ3v) is 4.34. The van der Waals surface area contributed by atoms with E-state index in [0.717, 1.165) is 24.3 Å². The molecule has 0 aliphatic heterocycles. The molecule has 20 heavy (non-hydrogen) atoms. The van der Waals surface area contributed by atoms with E-state index in [-0.39, 0.29) is 5.82 Å². The van der Waals surface area contributed by atoms with Crippen molar-refractivity contribution >= 4 is 34.4 Å². The Balaban J connectivity index is 2.03. The highest BCUT2D eigenvalue weighted by molar-refractivity contribution is 7.98. The van der Waals surface area contributed by atoms with Crippen molar-refractivity contribution in [1.82, 2.24) is 9.55 Å². The number of rotatable bonds is 8. The van der Waals surface area contributed by atoms with Gasteiger partial charge in [0.2, 0.25) is 0 Å². The number of aryl methyl sites for hydroxylation is 1. The Kier molecular flexibility index (Phi) is 6.17. The lowest BCUT2D eigenvalue weighted by atomic mass is 10.2. The van der Waals surface area contributed by atoms with Crippen molar-refractivity contribution in [3.05, 3.63) is 29.8 Å². The van der Waals surface area contributed by atoms with Crippen molar-refractivity contribution in [3.63, 3.8) is 0 Å². The molecule has 0 unspecified atom stereocenters. The van der Waals surface area contributed by atoms with Crippen LogP contribution >= 0.6 is 23.4 Å². The smallest absolute Gasteiger partial charge is 0.151 e. The summed E-state index contributed by atoms with van der Waals surface area (Å²) in [5.41, 5.74) is 1.29. The molecule has 2 aromatic rings. The molecular weight excluding hydrogens is 295 g/mol. The van der Waals surface area contributed by atoms with Crippen LogP contribution in [0.2, 0.25) is 0 Å². The van der Waals surface area contributed by atoms with Crippen molar-refractivity contribution in [2.45, 2.75) is 38.1 Å². The predicted octanol–water partition coefficient (Wildman–Crippen LogP) is 4.84. The molecule has 2 rings (SSSR count). The molecule has 5 heteroatoms. The molecule has 0 radical (unpaired) electrons. The molecule has 1 aromatic carbocycles. The Morgan fingerprint density at radius 3 is 2.80 bits per heavy atom. The molecule has 1 heterocycles. The van der Waals surface area contributed by atoms with Crippen LogP contribution in [0.1, 0.15) is 31.5 Å². The molecule has 2 nitrogen and oxygen atoms in total. The van der Waals surface area contributed by atoms with Crippen LogP contribution in [-0.4, -0.2) is 21.6 Å². The highest BCUT2D eigenvalue weighted by atomic mass is 35.5. The minimum absolute atomic E-state index is 0.271. The van der Waals surface area contributed by atoms with Gasteiger partial charge in [-0.25, -0.2) is 9.37 Å². The minimum atomic E-state index is -0.271. The summed E-state index contributed by atoms with van der Waals surface area (Å²) in [7, 11) is 0. The highest BCUT2D eigenvalue weighted by Gasteiger charge is 2.12. The first-order chi connectivity index (χ1) is 9.77. The molecule has 0 saturated heterocycles. The van der Waals surface area contributed by atoms with E-state index >= 15 is 0 Å². The van der Waals surface area contributed by atoms with E-state index in [0.29, 0.717) is 11.4 Å². The van der Waals surface area contributed by atoms with Gasteiger partial charge in [-0.1, -0.05) is 18.9 Å². The third-order valence-electron chi connectivity index (χ3n) is 3.41. The topological polar surface area (TPSA) is 17.8 Å². The summed E-state index contributed by atoms with van der Waals surface area (Å²) >= 11 is 7.82. The first-order valence-corrected chi connectivity index (χ1v) is 8.89. The van der Waals surface area contributed by atoms with Gasteiger partial charge in [-0.3, -0.25) is 0 Å². The third kappa shape index (κ3) is 3.67. The van der Waals surface area contributed by atoms with Crippen LogP contribution in [0.15, 0.2) is 18.2 Å². The Morgan fingerprint density at radius 1 is 1.25 bits per heavy atom. The second-order valence-corrected chi connectivity index (χ2v) is 6.08. The van der Waals surface area contributed by atoms with Gasteiger partial charge in [0, 0.05) is 6.54 Å². The molecule has 1 aromatic heterocycles. The molecule has 0 N–H and O–H groups in total. The molecule has 0 atom stereocenters. The number of nitrogens with zero attached hydrogens (tertiary/aromatic N) is 2. The second kappa shape index (κ2) is 7.89. The van der Waals surface area contributed by atoms with Gasteiger partial charge in [0.1, 0.15) is 11.3 Å². The first kappa shape index (κ1) is 15.6. The number of thioether (sulfide) groups is 1. The number of imidazole rings is 1. The molecule has 0 fully saturated rings. The molecule has 0 bridgehead atoms. The number of fused-ring (bicyclic) bond motifs is 1. The summed E-state index contributed by atoms with van der Waals surface area (Å²) in [4.78, 5) is 4.31. The summed E-state index contributed by atoms with van der Waals surface area (Å²) in [5, 5.41) is 0. The van der Waals surface area contributed by atoms with Crippen LogP contribution in [0.4, 0.5) is 4.39 Å². The largest absolute Gasteiger partial charge is 0.327 e. The molecule has 0 saturated carbocycles. The number of hydrogen-bond acceptors (Lipinski definition) is 2. The zero-order valence-electron chi connectivity index (χ0n) is 11.7. The lowest BCUT2D eigenvalue weighted by Gasteiger charge is -2.07. The molecule has 0 amide bonds. The molecule has 0 aliphatic carbocycles. The Morgan fingerprint density at radius 2 is 2.05 bits per heavy atom. The van der Waals surface area contributed by atoms with Gasteiger partial charge in [-0.05, 0) is 37.0 Å². The predicted molar refractivity (Wildman–Crippen MR) is 86.1 cm³/mol. The summed E-state index contributed by atoms with van der Waals surface area (Å²) in [6.45, 7) is 0.862. The van der Waals surface area contributed by atoms with Gasteiger partial charge in [-0.2, -0.15) is 11.8 Å². The van der Waals surface area contributed by atoms with Crippen LogP contribution < -0.4 is 0 Å². The lowest BCUT2D eigenvalue weighted by molar-refractivity contribution is 0.582. The number of alkyl halides is 1. The normalized spacial score (nSPS) is 11.3. The number of halogens is 2. The number of benzene rings is 1. The van der Waals surface area contributed by atoms with Crippen molar-refractivity contribution < 1.29 is 4.39 Å². The van der Waals surface area contributed by atoms with Crippen LogP contribution in [-0.2, 0) is 12.4 Å². The Hall–Kier alpha value is -0.740. The molecule has 0 aliphatic rings. The van der Waals surface area contributed by atoms with E-state index in [9.17, 15) is 4.39 Å². The number of aromatic nitrogens is 2. The summed E-state index contributed by atoms with van der Waals surface area (Å²) in [6, 6.07) is 5.08. The van der Waals surface area contributed by atoms with Gasteiger partial charge < -0.3 is 4.57 Å². The van der Waals surface area contributed by atoms with Gasteiger partial charge in [0.25, 0.3) is 0 Å². The quantitative estimate of drug-likeness (QED) is 0.512. The SMILES string of the molecule is CSCCCCCCn1c(CCl)nc2c(F)cccc21. The number of hydrogen-bond donors (Lipinski definition) is 0. The van der Waals surface area contributed by atoms with E-state index in [2.05, 4.69) is 15.8 Å². The van der Waals surface area contributed by atoms with Crippen LogP contribution in [0.3, 0.4) is 0 Å². The zero-order chi connectivity index (χ0) is 14.4. The van der Waals surface area contributed by atoms with Crippen molar-refractivity contribution in [3.8, 4) is 0 Å². The molecule has 110 valence electrons. The molecular formula is C15H20ClFN2S. The molecule has 0 spiro atoms. The van der Waals surface area contributed by atoms with Gasteiger partial charge in [0.15, 0.2) is 5.82 Å². The van der Waals surface area contributed by atoms with E-state index < -0.39 is 0 Å². The van der Waals surface area contributed by atoms with E-state index in [1.54, 1.807) is 6.07 Å². The average molecular weight is 315 g/mol. The fraction of sp³-hybridized carbons (Fsp3) is 0.533. The Bertz CT molecular complexity index is 556. The van der Waals surface area contributed by atoms with Crippen molar-refractivity contribution in [1.29, 1.82) is 0 Å². The minimum Gasteiger partial charge on any atom is -0.327 e. The monoisotopic (exact) mass is 314 g/mol. The fourth-order valence-electron chi connectivity index (χ4n) is 2.38. The fourth-order valence-corrected chi connectivity index (χ4v) is 3.08. The maximum Gasteiger partial charge on any atom is 0.151 e. The Labute approximate surface area is 128 Å². The van der Waals surface area contributed by atoms with E-state index in [4.69, 9.17) is 11.6 Å². The van der Waals surface area contributed by atoms with Gasteiger partial charge in [-0.15, -0.1) is 11.6 Å². The zero-order valence-corrected chi connectivity index (χ0v) is 13.3. The average Bonchev–Trinajstić information content (AvgIpc) is 2.82. The van der Waals surface area contributed by atoms with E-state index in [1.165, 1.54) is 31.1 Å². The summed E-state index contributed by atoms with van der Waals surface area (Å²) in [6.07, 6.45) is 6.93. The van der Waals surface area contributed by atoms with Gasteiger partial charge >= 0.3 is 0 Å². The van der Waals surface area contributed by atoms with Crippen LogP contribution in [0, 0.1) is 5.82 Å². The standard InChI is InChI=1S/C15H20ClFN2S/c1-20-10-5-3-2-4-9-19-13-8-6-7-12(17)15(13)18-14(19)11-16/h6-8H,2-5,9-11H2,1H3. The summed E-state index contributed by atoms with van der Waals surface area (Å²) in [5.74, 6) is 2.04. The second-order valence-electron chi connectivity index (χ2n) is 4.83. The number of unbranched alkanes of at least 4 members (excludes halogenated alkanes) is 3. The lowest BCUT2D eigenvalue weighted by Crippen LogP contribution is -2.02. The van der Waals surface area contributed by atoms with Crippen molar-refractivity contribution in [2.75, 3.05) is 12.0 Å². The number of para-hydroxylation sites is 1. The van der Waals surface area contributed by atoms with Gasteiger partial charge in [0.05, 0.1) is 11.4 Å². The summed E-state index contributed by atoms with van der Waals surface area (Å²) < 4.78 is 15.8. The van der Waals surface area contributed by atoms with Crippen LogP contribution in [0.5, 0.6) is 0 Å². The van der Waals surface area contributed by atoms with Crippen molar-refractivity contribution in [2.24, 2.45) is 0 Å². The highest BCUT2D eigenvalue weighted by Crippen LogP contribution is 2.21. The maximum absolute atomic E-state index is 13.7. The maximum atomic E-state index is 13.7. The first-order valence-electron chi connectivity index (χ1n) is 6.96. The van der Waals surface area contributed by atoms with Crippen LogP contribution in [0.25, 0.3) is 11.0 Å². The van der Waals surface area contributed by atoms with E-state index in [1.807, 2.05) is 17.8 Å².